The molecule has 0 aliphatic carbocycles. The van der Waals surface area contributed by atoms with E-state index >= 15 is 0 Å². The molecule has 0 aliphatic rings. The van der Waals surface area contributed by atoms with Crippen LogP contribution >= 0.6 is 0 Å². The fourth-order valence-corrected chi connectivity index (χ4v) is 4.93. The minimum Gasteiger partial charge on any atom is -0.344 e. The highest BCUT2D eigenvalue weighted by Gasteiger charge is 2.18. The van der Waals surface area contributed by atoms with E-state index in [1.165, 1.54) is 89.9 Å². The smallest absolute Gasteiger partial charge is 0.295 e. The van der Waals surface area contributed by atoms with E-state index in [1.807, 2.05) is 13.8 Å². The number of rotatable bonds is 14. The molecule has 0 fully saturated rings. The summed E-state index contributed by atoms with van der Waals surface area (Å²) in [5.41, 5.74) is 3.16. The zero-order valence-electron chi connectivity index (χ0n) is 21.4. The lowest BCUT2D eigenvalue weighted by atomic mass is 10.0. The lowest BCUT2D eigenvalue weighted by molar-refractivity contribution is 0.482. The maximum atomic E-state index is 11.1. The molecule has 0 bridgehead atoms. The van der Waals surface area contributed by atoms with E-state index in [2.05, 4.69) is 13.8 Å². The van der Waals surface area contributed by atoms with Crippen LogP contribution in [0.3, 0.4) is 0 Å². The normalized spacial score (nSPS) is 10.9. The Morgan fingerprint density at radius 2 is 0.935 bits per heavy atom. The fraction of sp³-hybridized carbons (Fsp3) is 0.769. The molecule has 4 N–H and O–H groups in total. The molecule has 1 aromatic rings. The molecular weight excluding hydrogens is 406 g/mol. The molecule has 1 aromatic carbocycles. The molecule has 0 unspecified atom stereocenters. The second-order valence-electron chi connectivity index (χ2n) is 8.81. The van der Waals surface area contributed by atoms with E-state index in [0.29, 0.717) is 11.1 Å². The van der Waals surface area contributed by atoms with E-state index in [9.17, 15) is 8.42 Å². The Labute approximate surface area is 194 Å². The van der Waals surface area contributed by atoms with Crippen molar-refractivity contribution in [1.82, 2.24) is 6.15 Å². The summed E-state index contributed by atoms with van der Waals surface area (Å²) in [6.45, 7) is 11.7. The van der Waals surface area contributed by atoms with Crippen molar-refractivity contribution in [2.75, 3.05) is 0 Å². The minimum atomic E-state index is -4.10. The van der Waals surface area contributed by atoms with Crippen molar-refractivity contribution in [3.05, 3.63) is 28.3 Å². The maximum Gasteiger partial charge on any atom is 0.295 e. The van der Waals surface area contributed by atoms with Crippen molar-refractivity contribution < 1.29 is 13.0 Å². The first kappa shape index (κ1) is 32.3. The lowest BCUT2D eigenvalue weighted by Gasteiger charge is -2.12. The third-order valence-electron chi connectivity index (χ3n) is 6.00. The van der Waals surface area contributed by atoms with Gasteiger partial charge in [0.2, 0.25) is 0 Å². The molecule has 1 rings (SSSR count). The summed E-state index contributed by atoms with van der Waals surface area (Å²) in [6.07, 6.45) is 20.4. The van der Waals surface area contributed by atoms with Gasteiger partial charge < -0.3 is 6.15 Å². The Balaban J connectivity index is 0. The van der Waals surface area contributed by atoms with Crippen LogP contribution in [0.1, 0.15) is 126 Å². The lowest BCUT2D eigenvalue weighted by Crippen LogP contribution is -2.06. The van der Waals surface area contributed by atoms with Gasteiger partial charge in [0.15, 0.2) is 0 Å². The van der Waals surface area contributed by atoms with E-state index in [-0.39, 0.29) is 11.0 Å². The molecule has 0 spiro atoms. The van der Waals surface area contributed by atoms with Crippen LogP contribution in [0, 0.1) is 27.7 Å². The molecule has 184 valence electrons. The third kappa shape index (κ3) is 14.7. The number of unbranched alkanes of at least 4 members (excludes halogenated alkanes) is 13. The Morgan fingerprint density at radius 1 is 0.613 bits per heavy atom. The molecule has 0 aliphatic heterocycles. The summed E-state index contributed by atoms with van der Waals surface area (Å²) in [5, 5.41) is 0. The SMILES string of the molecule is CCCCCCCCCCCCCCCC.Cc1cc(C)c(S(=O)(=O)O)c(C)c1C.N. The maximum absolute atomic E-state index is 11.1. The average Bonchev–Trinajstić information content (AvgIpc) is 2.66. The van der Waals surface area contributed by atoms with Gasteiger partial charge >= 0.3 is 0 Å². The van der Waals surface area contributed by atoms with Gasteiger partial charge in [-0.1, -0.05) is 110 Å². The summed E-state index contributed by atoms with van der Waals surface area (Å²) < 4.78 is 31.2. The Kier molecular flexibility index (Phi) is 19.4. The predicted octanol–water partition coefficient (Wildman–Crippen LogP) is 8.82. The highest BCUT2D eigenvalue weighted by Crippen LogP contribution is 2.25. The number of hydrogen-bond donors (Lipinski definition) is 2. The summed E-state index contributed by atoms with van der Waals surface area (Å²) in [5.74, 6) is 0. The number of hydrogen-bond acceptors (Lipinski definition) is 3. The first-order valence-corrected chi connectivity index (χ1v) is 13.7. The first-order valence-electron chi connectivity index (χ1n) is 12.2. The monoisotopic (exact) mass is 457 g/mol. The van der Waals surface area contributed by atoms with Crippen LogP contribution in [-0.2, 0) is 10.1 Å². The molecule has 0 radical (unpaired) electrons. The average molecular weight is 458 g/mol. The first-order chi connectivity index (χ1) is 14.2. The summed E-state index contributed by atoms with van der Waals surface area (Å²) in [7, 11) is -4.10. The van der Waals surface area contributed by atoms with Crippen molar-refractivity contribution in [2.24, 2.45) is 0 Å². The van der Waals surface area contributed by atoms with Gasteiger partial charge in [-0.25, -0.2) is 0 Å². The van der Waals surface area contributed by atoms with Gasteiger partial charge in [-0.15, -0.1) is 0 Å². The second kappa shape index (κ2) is 18.6. The zero-order chi connectivity index (χ0) is 23.0. The van der Waals surface area contributed by atoms with Gasteiger partial charge in [0.1, 0.15) is 0 Å². The van der Waals surface area contributed by atoms with Crippen molar-refractivity contribution in [1.29, 1.82) is 0 Å². The molecule has 0 aromatic heterocycles. The van der Waals surface area contributed by atoms with E-state index in [0.717, 1.165) is 11.1 Å². The van der Waals surface area contributed by atoms with Crippen molar-refractivity contribution in [3.63, 3.8) is 0 Å². The standard InChI is InChI=1S/C16H34.C10H14O3S.H3N/c1-3-5-7-9-11-13-15-16-14-12-10-8-6-4-2;1-6-5-7(2)10(14(11,12)13)9(4)8(6)3;/h3-16H2,1-2H3;5H,1-4H3,(H,11,12,13);1H3. The number of benzene rings is 1. The van der Waals surface area contributed by atoms with Crippen LogP contribution in [0.25, 0.3) is 0 Å². The van der Waals surface area contributed by atoms with Crippen LogP contribution in [0.2, 0.25) is 0 Å². The Hall–Kier alpha value is -0.910. The zero-order valence-corrected chi connectivity index (χ0v) is 22.2. The molecule has 4 nitrogen and oxygen atoms in total. The minimum absolute atomic E-state index is 0. The quantitative estimate of drug-likeness (QED) is 0.216. The summed E-state index contributed by atoms with van der Waals surface area (Å²) in [4.78, 5) is 0.0422. The molecule has 0 amide bonds. The van der Waals surface area contributed by atoms with Crippen LogP contribution in [0.4, 0.5) is 0 Å². The molecule has 0 saturated heterocycles. The van der Waals surface area contributed by atoms with Gasteiger partial charge in [0.05, 0.1) is 4.90 Å². The largest absolute Gasteiger partial charge is 0.344 e. The molecule has 0 heterocycles. The van der Waals surface area contributed by atoms with Gasteiger partial charge in [-0.3, -0.25) is 4.55 Å². The summed E-state index contributed by atoms with van der Waals surface area (Å²) >= 11 is 0. The van der Waals surface area contributed by atoms with E-state index < -0.39 is 10.1 Å². The van der Waals surface area contributed by atoms with Crippen molar-refractivity contribution in [3.8, 4) is 0 Å². The molecule has 0 atom stereocenters. The van der Waals surface area contributed by atoms with Crippen LogP contribution in [0.5, 0.6) is 0 Å². The predicted molar refractivity (Wildman–Crippen MR) is 136 cm³/mol. The molecule has 5 heteroatoms. The van der Waals surface area contributed by atoms with E-state index in [1.54, 1.807) is 19.9 Å². The van der Waals surface area contributed by atoms with Gasteiger partial charge in [0, 0.05) is 0 Å². The van der Waals surface area contributed by atoms with Gasteiger partial charge in [0.25, 0.3) is 10.1 Å². The third-order valence-corrected chi connectivity index (χ3v) is 7.14. The van der Waals surface area contributed by atoms with Crippen molar-refractivity contribution in [2.45, 2.75) is 136 Å². The van der Waals surface area contributed by atoms with Crippen LogP contribution in [0.15, 0.2) is 11.0 Å². The fourth-order valence-electron chi connectivity index (χ4n) is 3.93. The highest BCUT2D eigenvalue weighted by atomic mass is 32.2. The van der Waals surface area contributed by atoms with Crippen LogP contribution in [-0.4, -0.2) is 13.0 Å². The second-order valence-corrected chi connectivity index (χ2v) is 10.2. The Bertz CT molecular complexity index is 670. The molecule has 0 saturated carbocycles. The van der Waals surface area contributed by atoms with Gasteiger partial charge in [-0.05, 0) is 49.9 Å². The van der Waals surface area contributed by atoms with Gasteiger partial charge in [-0.2, -0.15) is 8.42 Å². The summed E-state index contributed by atoms with van der Waals surface area (Å²) in [6, 6.07) is 1.77. The molecule has 31 heavy (non-hydrogen) atoms. The topological polar surface area (TPSA) is 89.4 Å². The highest BCUT2D eigenvalue weighted by molar-refractivity contribution is 7.86. The Morgan fingerprint density at radius 3 is 1.23 bits per heavy atom. The van der Waals surface area contributed by atoms with Crippen molar-refractivity contribution >= 4 is 10.1 Å². The van der Waals surface area contributed by atoms with Crippen LogP contribution < -0.4 is 6.15 Å². The molecular formula is C26H51NO3S. The van der Waals surface area contributed by atoms with E-state index in [4.69, 9.17) is 4.55 Å². The number of aryl methyl sites for hydroxylation is 2.